The Hall–Kier alpha value is -1.93. The Morgan fingerprint density at radius 1 is 1.26 bits per heavy atom. The van der Waals surface area contributed by atoms with Gasteiger partial charge in [0, 0.05) is 24.6 Å². The van der Waals surface area contributed by atoms with Gasteiger partial charge in [-0.25, -0.2) is 13.1 Å². The lowest BCUT2D eigenvalue weighted by atomic mass is 10.1. The van der Waals surface area contributed by atoms with E-state index in [0.717, 1.165) is 12.8 Å². The van der Waals surface area contributed by atoms with Crippen LogP contribution in [0, 0.1) is 5.92 Å². The maximum atomic E-state index is 12.0. The highest BCUT2D eigenvalue weighted by Gasteiger charge is 2.27. The van der Waals surface area contributed by atoms with Crippen molar-refractivity contribution in [2.45, 2.75) is 37.1 Å². The van der Waals surface area contributed by atoms with E-state index in [1.165, 1.54) is 24.3 Å². The van der Waals surface area contributed by atoms with Crippen LogP contribution in [0.15, 0.2) is 29.2 Å². The number of hydrogen-bond acceptors (Lipinski definition) is 4. The largest absolute Gasteiger partial charge is 0.481 e. The average molecular weight is 340 g/mol. The number of aliphatic carboxylic acids is 1. The van der Waals surface area contributed by atoms with Gasteiger partial charge in [0.1, 0.15) is 0 Å². The summed E-state index contributed by atoms with van der Waals surface area (Å²) >= 11 is 0. The molecule has 2 rings (SSSR count). The smallest absolute Gasteiger partial charge is 0.303 e. The van der Waals surface area contributed by atoms with Gasteiger partial charge in [0.05, 0.1) is 4.90 Å². The molecule has 3 N–H and O–H groups in total. The van der Waals surface area contributed by atoms with E-state index in [-0.39, 0.29) is 35.7 Å². The van der Waals surface area contributed by atoms with Crippen LogP contribution in [0.3, 0.4) is 0 Å². The zero-order valence-corrected chi connectivity index (χ0v) is 13.6. The monoisotopic (exact) mass is 340 g/mol. The molecule has 1 amide bonds. The van der Waals surface area contributed by atoms with E-state index in [1.54, 1.807) is 6.92 Å². The average Bonchev–Trinajstić information content (AvgIpc) is 3.27. The summed E-state index contributed by atoms with van der Waals surface area (Å²) < 4.78 is 26.6. The molecule has 0 spiro atoms. The van der Waals surface area contributed by atoms with Gasteiger partial charge in [0.15, 0.2) is 0 Å². The summed E-state index contributed by atoms with van der Waals surface area (Å²) in [6.45, 7) is 1.97. The topological polar surface area (TPSA) is 113 Å². The summed E-state index contributed by atoms with van der Waals surface area (Å²) in [6.07, 6.45) is 1.69. The van der Waals surface area contributed by atoms with Crippen LogP contribution >= 0.6 is 0 Å². The molecule has 23 heavy (non-hydrogen) atoms. The number of carbonyl (C=O) groups is 2. The van der Waals surface area contributed by atoms with Crippen LogP contribution in [0.1, 0.15) is 36.5 Å². The number of carbonyl (C=O) groups excluding carboxylic acids is 1. The Morgan fingerprint density at radius 2 is 1.87 bits per heavy atom. The third-order valence-corrected chi connectivity index (χ3v) is 5.00. The first-order valence-corrected chi connectivity index (χ1v) is 8.88. The highest BCUT2D eigenvalue weighted by molar-refractivity contribution is 7.89. The highest BCUT2D eigenvalue weighted by atomic mass is 32.2. The van der Waals surface area contributed by atoms with Gasteiger partial charge in [0.2, 0.25) is 10.0 Å². The van der Waals surface area contributed by atoms with Gasteiger partial charge in [-0.15, -0.1) is 0 Å². The van der Waals surface area contributed by atoms with E-state index >= 15 is 0 Å². The van der Waals surface area contributed by atoms with Crippen molar-refractivity contribution < 1.29 is 23.1 Å². The Kier molecular flexibility index (Phi) is 5.38. The minimum absolute atomic E-state index is 0.0235. The van der Waals surface area contributed by atoms with Crippen molar-refractivity contribution in [3.8, 4) is 0 Å². The normalized spacial score (nSPS) is 15.9. The van der Waals surface area contributed by atoms with Crippen LogP contribution in [-0.4, -0.2) is 38.0 Å². The molecule has 1 saturated carbocycles. The molecule has 1 unspecified atom stereocenters. The van der Waals surface area contributed by atoms with Gasteiger partial charge >= 0.3 is 5.97 Å². The van der Waals surface area contributed by atoms with E-state index in [9.17, 15) is 18.0 Å². The van der Waals surface area contributed by atoms with Crippen LogP contribution < -0.4 is 10.0 Å². The molecular formula is C15H20N2O5S. The van der Waals surface area contributed by atoms with Crippen molar-refractivity contribution in [1.29, 1.82) is 0 Å². The van der Waals surface area contributed by atoms with E-state index in [0.29, 0.717) is 5.56 Å². The number of nitrogens with one attached hydrogen (secondary N) is 2. The second-order valence-electron chi connectivity index (χ2n) is 5.83. The molecule has 1 fully saturated rings. The minimum atomic E-state index is -3.53. The molecule has 0 saturated heterocycles. The predicted molar refractivity (Wildman–Crippen MR) is 83.5 cm³/mol. The van der Waals surface area contributed by atoms with Crippen molar-refractivity contribution in [2.24, 2.45) is 5.92 Å². The fourth-order valence-corrected chi connectivity index (χ4v) is 3.32. The molecule has 0 bridgehead atoms. The third-order valence-electron chi connectivity index (χ3n) is 3.46. The number of rotatable bonds is 8. The van der Waals surface area contributed by atoms with Crippen molar-refractivity contribution in [2.75, 3.05) is 6.54 Å². The van der Waals surface area contributed by atoms with Crippen LogP contribution in [0.2, 0.25) is 0 Å². The fraction of sp³-hybridized carbons (Fsp3) is 0.467. The SMILES string of the molecule is CC(CNC(=O)c1ccc(S(=O)(=O)NC2CC2)cc1)CC(=O)O. The van der Waals surface area contributed by atoms with Crippen LogP contribution in [0.4, 0.5) is 0 Å². The second-order valence-corrected chi connectivity index (χ2v) is 7.55. The second kappa shape index (κ2) is 7.10. The molecule has 0 aliphatic heterocycles. The number of carboxylic acids is 1. The van der Waals surface area contributed by atoms with E-state index < -0.39 is 16.0 Å². The maximum Gasteiger partial charge on any atom is 0.303 e. The summed E-state index contributed by atoms with van der Waals surface area (Å²) in [6, 6.07) is 5.69. The van der Waals surface area contributed by atoms with Gasteiger partial charge in [-0.3, -0.25) is 9.59 Å². The Balaban J connectivity index is 1.93. The zero-order chi connectivity index (χ0) is 17.0. The van der Waals surface area contributed by atoms with Gasteiger partial charge in [-0.1, -0.05) is 6.92 Å². The van der Waals surface area contributed by atoms with Gasteiger partial charge in [-0.2, -0.15) is 0 Å². The van der Waals surface area contributed by atoms with Crippen molar-refractivity contribution in [3.63, 3.8) is 0 Å². The van der Waals surface area contributed by atoms with E-state index in [1.807, 2.05) is 0 Å². The Labute approximate surface area is 135 Å². The first kappa shape index (κ1) is 17.4. The molecule has 0 aromatic heterocycles. The Morgan fingerprint density at radius 3 is 2.39 bits per heavy atom. The summed E-state index contributed by atoms with van der Waals surface area (Å²) in [5, 5.41) is 11.3. The molecule has 0 radical (unpaired) electrons. The predicted octanol–water partition coefficient (Wildman–Crippen LogP) is 0.968. The molecule has 1 aromatic carbocycles. The maximum absolute atomic E-state index is 12.0. The van der Waals surface area contributed by atoms with E-state index in [2.05, 4.69) is 10.0 Å². The number of carboxylic acid groups (broad SMARTS) is 1. The molecule has 0 heterocycles. The number of hydrogen-bond donors (Lipinski definition) is 3. The molecule has 1 aliphatic carbocycles. The van der Waals surface area contributed by atoms with Gasteiger partial charge < -0.3 is 10.4 Å². The number of amides is 1. The molecule has 1 atom stereocenters. The molecule has 7 nitrogen and oxygen atoms in total. The standard InChI is InChI=1S/C15H20N2O5S/c1-10(8-14(18)19)9-16-15(20)11-2-6-13(7-3-11)23(21,22)17-12-4-5-12/h2-3,6-7,10,12,17H,4-5,8-9H2,1H3,(H,16,20)(H,18,19). The summed E-state index contributed by atoms with van der Waals surface area (Å²) in [7, 11) is -3.53. The fourth-order valence-electron chi connectivity index (χ4n) is 2.01. The quantitative estimate of drug-likeness (QED) is 0.653. The third kappa shape index (κ3) is 5.33. The van der Waals surface area contributed by atoms with E-state index in [4.69, 9.17) is 5.11 Å². The van der Waals surface area contributed by atoms with Gasteiger partial charge in [0.25, 0.3) is 5.91 Å². The van der Waals surface area contributed by atoms with Crippen LogP contribution in [0.5, 0.6) is 0 Å². The molecule has 1 aromatic rings. The Bertz CT molecular complexity index is 680. The lowest BCUT2D eigenvalue weighted by molar-refractivity contribution is -0.137. The molecule has 8 heteroatoms. The van der Waals surface area contributed by atoms with Crippen molar-refractivity contribution in [3.05, 3.63) is 29.8 Å². The lowest BCUT2D eigenvalue weighted by Crippen LogP contribution is -2.29. The minimum Gasteiger partial charge on any atom is -0.481 e. The van der Waals surface area contributed by atoms with Gasteiger partial charge in [-0.05, 0) is 43.0 Å². The molecular weight excluding hydrogens is 320 g/mol. The molecule has 1 aliphatic rings. The number of sulfonamides is 1. The molecule has 126 valence electrons. The first-order valence-electron chi connectivity index (χ1n) is 7.40. The summed E-state index contributed by atoms with van der Waals surface area (Å²) in [5.74, 6) is -1.45. The highest BCUT2D eigenvalue weighted by Crippen LogP contribution is 2.22. The first-order chi connectivity index (χ1) is 10.8. The summed E-state index contributed by atoms with van der Waals surface area (Å²) in [4.78, 5) is 22.6. The van der Waals surface area contributed by atoms with Crippen molar-refractivity contribution in [1.82, 2.24) is 10.0 Å². The van der Waals surface area contributed by atoms with Crippen LogP contribution in [0.25, 0.3) is 0 Å². The number of benzene rings is 1. The summed E-state index contributed by atoms with van der Waals surface area (Å²) in [5.41, 5.74) is 0.331. The lowest BCUT2D eigenvalue weighted by Gasteiger charge is -2.11. The zero-order valence-electron chi connectivity index (χ0n) is 12.8. The van der Waals surface area contributed by atoms with Crippen molar-refractivity contribution >= 4 is 21.9 Å². The van der Waals surface area contributed by atoms with Crippen LogP contribution in [-0.2, 0) is 14.8 Å².